The maximum atomic E-state index is 13.7. The molecule has 0 unspecified atom stereocenters. The third kappa shape index (κ3) is 3.84. The smallest absolute Gasteiger partial charge is 0.246 e. The molecule has 1 spiro atoms. The zero-order valence-electron chi connectivity index (χ0n) is 20.1. The van der Waals surface area contributed by atoms with Crippen molar-refractivity contribution in [2.45, 2.75) is 82.6 Å². The van der Waals surface area contributed by atoms with Gasteiger partial charge < -0.3 is 20.3 Å². The average Bonchev–Trinajstić information content (AvgIpc) is 3.47. The Morgan fingerprint density at radius 3 is 2.56 bits per heavy atom. The number of anilines is 1. The molecule has 1 saturated carbocycles. The summed E-state index contributed by atoms with van der Waals surface area (Å²) < 4.78 is 6.38. The molecule has 1 aromatic rings. The van der Waals surface area contributed by atoms with Crippen LogP contribution in [0.4, 0.5) is 5.69 Å². The number of likely N-dealkylation sites (tertiary alicyclic amines) is 1. The summed E-state index contributed by atoms with van der Waals surface area (Å²) in [6.45, 7) is 4.55. The second-order valence-corrected chi connectivity index (χ2v) is 10.3. The molecule has 5 rings (SSSR count). The number of rotatable bonds is 7. The molecule has 0 radical (unpaired) electrons. The Bertz CT molecular complexity index is 984. The summed E-state index contributed by atoms with van der Waals surface area (Å²) in [4.78, 5) is 42.5. The molecule has 3 heterocycles. The Labute approximate surface area is 201 Å². The molecule has 3 amide bonds. The molecule has 34 heavy (non-hydrogen) atoms. The first kappa shape index (κ1) is 23.1. The van der Waals surface area contributed by atoms with E-state index >= 15 is 0 Å². The highest BCUT2D eigenvalue weighted by Gasteiger charge is 2.72. The first-order valence-corrected chi connectivity index (χ1v) is 12.8. The van der Waals surface area contributed by atoms with Gasteiger partial charge in [-0.15, -0.1) is 0 Å². The standard InChI is InChI=1S/C27H35N3O4/c1-3-4-16-30-23(25(32)29-18-8-6-5-7-9-18)27-15-14-20(34-27)21(22(27)26(30)33)24(31)28-19-12-10-17(2)11-13-19/h10-15,18,20-23H,3-9,16H2,1-2H3,(H,28,31)(H,29,32)/t20-,21-,22-,23+,27+/m1/s1. The molecule has 4 aliphatic rings. The van der Waals surface area contributed by atoms with Crippen molar-refractivity contribution in [3.63, 3.8) is 0 Å². The summed E-state index contributed by atoms with van der Waals surface area (Å²) >= 11 is 0. The largest absolute Gasteiger partial charge is 0.359 e. The minimum atomic E-state index is -1.08. The van der Waals surface area contributed by atoms with Gasteiger partial charge >= 0.3 is 0 Å². The average molecular weight is 466 g/mol. The Kier molecular flexibility index (Phi) is 6.23. The van der Waals surface area contributed by atoms with E-state index in [4.69, 9.17) is 4.74 Å². The Balaban J connectivity index is 1.42. The van der Waals surface area contributed by atoms with Gasteiger partial charge in [-0.2, -0.15) is 0 Å². The second kappa shape index (κ2) is 9.17. The van der Waals surface area contributed by atoms with Crippen molar-refractivity contribution in [1.82, 2.24) is 10.2 Å². The molecule has 1 aromatic carbocycles. The highest BCUT2D eigenvalue weighted by molar-refractivity contribution is 6.02. The van der Waals surface area contributed by atoms with Crippen LogP contribution in [-0.4, -0.2) is 53.0 Å². The number of nitrogens with zero attached hydrogens (tertiary/aromatic N) is 1. The third-order valence-electron chi connectivity index (χ3n) is 7.95. The van der Waals surface area contributed by atoms with Gasteiger partial charge in [0.15, 0.2) is 0 Å². The fourth-order valence-corrected chi connectivity index (χ4v) is 6.23. The van der Waals surface area contributed by atoms with Crippen LogP contribution in [-0.2, 0) is 19.1 Å². The minimum Gasteiger partial charge on any atom is -0.359 e. The van der Waals surface area contributed by atoms with Crippen molar-refractivity contribution >= 4 is 23.4 Å². The van der Waals surface area contributed by atoms with Crippen LogP contribution in [0.3, 0.4) is 0 Å². The van der Waals surface area contributed by atoms with Gasteiger partial charge in [0.25, 0.3) is 0 Å². The third-order valence-corrected chi connectivity index (χ3v) is 7.95. The maximum absolute atomic E-state index is 13.7. The molecule has 3 fully saturated rings. The van der Waals surface area contributed by atoms with Crippen LogP contribution in [0.15, 0.2) is 36.4 Å². The molecule has 182 valence electrons. The highest BCUT2D eigenvalue weighted by atomic mass is 16.5. The molecular weight excluding hydrogens is 430 g/mol. The predicted molar refractivity (Wildman–Crippen MR) is 129 cm³/mol. The molecule has 7 heteroatoms. The molecule has 2 bridgehead atoms. The maximum Gasteiger partial charge on any atom is 0.246 e. The number of nitrogens with one attached hydrogen (secondary N) is 2. The van der Waals surface area contributed by atoms with E-state index in [1.165, 1.54) is 6.42 Å². The van der Waals surface area contributed by atoms with Crippen molar-refractivity contribution < 1.29 is 19.1 Å². The number of fused-ring (bicyclic) bond motifs is 1. The van der Waals surface area contributed by atoms with E-state index in [-0.39, 0.29) is 23.8 Å². The summed E-state index contributed by atoms with van der Waals surface area (Å²) in [5, 5.41) is 6.19. The molecular formula is C27H35N3O4. The lowest BCUT2D eigenvalue weighted by atomic mass is 9.74. The number of carbonyl (C=O) groups is 3. The Morgan fingerprint density at radius 1 is 1.12 bits per heavy atom. The van der Waals surface area contributed by atoms with E-state index in [0.29, 0.717) is 12.2 Å². The fraction of sp³-hybridized carbons (Fsp3) is 0.593. The van der Waals surface area contributed by atoms with E-state index < -0.39 is 29.6 Å². The van der Waals surface area contributed by atoms with Gasteiger partial charge in [-0.3, -0.25) is 14.4 Å². The molecule has 5 atom stereocenters. The zero-order chi connectivity index (χ0) is 23.9. The van der Waals surface area contributed by atoms with Gasteiger partial charge in [-0.1, -0.05) is 62.5 Å². The van der Waals surface area contributed by atoms with Crippen LogP contribution in [0, 0.1) is 18.8 Å². The summed E-state index contributed by atoms with van der Waals surface area (Å²) in [6, 6.07) is 6.99. The van der Waals surface area contributed by atoms with E-state index in [1.807, 2.05) is 43.3 Å². The van der Waals surface area contributed by atoms with E-state index in [2.05, 4.69) is 17.6 Å². The van der Waals surface area contributed by atoms with Crippen molar-refractivity contribution in [1.29, 1.82) is 0 Å². The monoisotopic (exact) mass is 465 g/mol. The fourth-order valence-electron chi connectivity index (χ4n) is 6.23. The number of amides is 3. The lowest BCUT2D eigenvalue weighted by molar-refractivity contribution is -0.141. The first-order chi connectivity index (χ1) is 16.4. The number of ether oxygens (including phenoxy) is 1. The lowest BCUT2D eigenvalue weighted by Gasteiger charge is -2.34. The van der Waals surface area contributed by atoms with Gasteiger partial charge in [0.05, 0.1) is 17.9 Å². The topological polar surface area (TPSA) is 87.7 Å². The molecule has 0 aromatic heterocycles. The van der Waals surface area contributed by atoms with Crippen LogP contribution in [0.2, 0.25) is 0 Å². The van der Waals surface area contributed by atoms with Crippen molar-refractivity contribution in [3.8, 4) is 0 Å². The van der Waals surface area contributed by atoms with Gasteiger partial charge in [0, 0.05) is 18.3 Å². The molecule has 2 N–H and O–H groups in total. The van der Waals surface area contributed by atoms with E-state index in [9.17, 15) is 14.4 Å². The quantitative estimate of drug-likeness (QED) is 0.605. The Hall–Kier alpha value is -2.67. The number of benzene rings is 1. The number of hydrogen-bond donors (Lipinski definition) is 2. The summed E-state index contributed by atoms with van der Waals surface area (Å²) in [5.41, 5.74) is 0.715. The highest BCUT2D eigenvalue weighted by Crippen LogP contribution is 2.55. The van der Waals surface area contributed by atoms with Gasteiger partial charge in [-0.05, 0) is 38.3 Å². The van der Waals surface area contributed by atoms with Crippen LogP contribution in [0.1, 0.15) is 57.4 Å². The van der Waals surface area contributed by atoms with Crippen molar-refractivity contribution in [2.75, 3.05) is 11.9 Å². The van der Waals surface area contributed by atoms with Crippen LogP contribution in [0.5, 0.6) is 0 Å². The van der Waals surface area contributed by atoms with Crippen LogP contribution >= 0.6 is 0 Å². The number of unbranched alkanes of at least 4 members (excludes halogenated alkanes) is 1. The van der Waals surface area contributed by atoms with Crippen molar-refractivity contribution in [3.05, 3.63) is 42.0 Å². The van der Waals surface area contributed by atoms with Gasteiger partial charge in [-0.25, -0.2) is 0 Å². The summed E-state index contributed by atoms with van der Waals surface area (Å²) in [6.07, 6.45) is 10.3. The molecule has 7 nitrogen and oxygen atoms in total. The first-order valence-electron chi connectivity index (χ1n) is 12.8. The normalized spacial score (nSPS) is 32.2. The van der Waals surface area contributed by atoms with Crippen molar-refractivity contribution in [2.24, 2.45) is 11.8 Å². The predicted octanol–water partition coefficient (Wildman–Crippen LogP) is 3.33. The van der Waals surface area contributed by atoms with E-state index in [1.54, 1.807) is 4.90 Å². The number of hydrogen-bond acceptors (Lipinski definition) is 4. The number of carbonyl (C=O) groups excluding carboxylic acids is 3. The summed E-state index contributed by atoms with van der Waals surface area (Å²) in [7, 11) is 0. The molecule has 3 aliphatic heterocycles. The van der Waals surface area contributed by atoms with Gasteiger partial charge in [0.2, 0.25) is 17.7 Å². The van der Waals surface area contributed by atoms with Crippen LogP contribution in [0.25, 0.3) is 0 Å². The second-order valence-electron chi connectivity index (χ2n) is 10.3. The van der Waals surface area contributed by atoms with Gasteiger partial charge in [0.1, 0.15) is 11.6 Å². The summed E-state index contributed by atoms with van der Waals surface area (Å²) in [5.74, 6) is -1.87. The number of aryl methyl sites for hydroxylation is 1. The SMILES string of the molecule is CCCCN1C(=O)[C@H]2[C@H](C(=O)Nc3ccc(C)cc3)[C@H]3C=C[C@@]2(O3)[C@@H]1C(=O)NC1CCCCC1. The minimum absolute atomic E-state index is 0.142. The molecule has 1 aliphatic carbocycles. The van der Waals surface area contributed by atoms with Crippen LogP contribution < -0.4 is 10.6 Å². The van der Waals surface area contributed by atoms with E-state index in [0.717, 1.165) is 44.1 Å². The Morgan fingerprint density at radius 2 is 1.85 bits per heavy atom. The molecule has 2 saturated heterocycles. The lowest BCUT2D eigenvalue weighted by Crippen LogP contribution is -2.56. The zero-order valence-corrected chi connectivity index (χ0v) is 20.1.